The third-order valence-electron chi connectivity index (χ3n) is 2.34. The first-order valence-corrected chi connectivity index (χ1v) is 7.58. The van der Waals surface area contributed by atoms with Gasteiger partial charge in [-0.1, -0.05) is 0 Å². The first-order valence-electron chi connectivity index (χ1n) is 6.04. The summed E-state index contributed by atoms with van der Waals surface area (Å²) in [5, 5.41) is 5.14. The summed E-state index contributed by atoms with van der Waals surface area (Å²) < 4.78 is 34.1. The van der Waals surface area contributed by atoms with Gasteiger partial charge in [-0.25, -0.2) is 18.5 Å². The molecule has 0 aromatic carbocycles. The van der Waals surface area contributed by atoms with Crippen molar-refractivity contribution >= 4 is 10.0 Å². The van der Waals surface area contributed by atoms with Crippen LogP contribution in [-0.2, 0) is 10.0 Å². The molecule has 1 heterocycles. The zero-order valence-corrected chi connectivity index (χ0v) is 12.0. The van der Waals surface area contributed by atoms with E-state index in [1.807, 2.05) is 20.8 Å². The van der Waals surface area contributed by atoms with Crippen LogP contribution in [0.5, 0.6) is 11.6 Å². The minimum Gasteiger partial charge on any atom is -0.489 e. The highest BCUT2D eigenvalue weighted by Gasteiger charge is 2.27. The fourth-order valence-electron chi connectivity index (χ4n) is 1.45. The molecule has 106 valence electrons. The van der Waals surface area contributed by atoms with Gasteiger partial charge in [-0.3, -0.25) is 0 Å². The van der Waals surface area contributed by atoms with Crippen LogP contribution in [0.2, 0.25) is 0 Å². The average molecular weight is 286 g/mol. The number of pyridine rings is 1. The van der Waals surface area contributed by atoms with Crippen molar-refractivity contribution in [2.24, 2.45) is 5.14 Å². The van der Waals surface area contributed by atoms with Gasteiger partial charge in [0.15, 0.2) is 0 Å². The first-order chi connectivity index (χ1) is 8.65. The molecule has 2 N–H and O–H groups in total. The Labute approximate surface area is 113 Å². The van der Waals surface area contributed by atoms with Crippen LogP contribution in [0.15, 0.2) is 17.2 Å². The molecule has 2 rings (SSSR count). The first kappa shape index (κ1) is 14.1. The number of hydrogen-bond donors (Lipinski definition) is 1. The molecule has 0 aliphatic heterocycles. The van der Waals surface area contributed by atoms with E-state index in [4.69, 9.17) is 14.6 Å². The Hall–Kier alpha value is -1.34. The Bertz CT molecular complexity index is 574. The minimum atomic E-state index is -3.85. The Kier molecular flexibility index (Phi) is 3.44. The Morgan fingerprint density at radius 1 is 1.37 bits per heavy atom. The Morgan fingerprint density at radius 3 is 2.47 bits per heavy atom. The van der Waals surface area contributed by atoms with Crippen molar-refractivity contribution in [2.45, 2.75) is 50.2 Å². The van der Waals surface area contributed by atoms with E-state index < -0.39 is 15.6 Å². The van der Waals surface area contributed by atoms with E-state index in [-0.39, 0.29) is 16.7 Å². The highest BCUT2D eigenvalue weighted by Crippen LogP contribution is 2.33. The highest BCUT2D eigenvalue weighted by molar-refractivity contribution is 7.89. The molecule has 0 amide bonds. The molecular formula is C12H18N2O4S. The van der Waals surface area contributed by atoms with Crippen molar-refractivity contribution in [1.82, 2.24) is 4.98 Å². The number of rotatable bonds is 4. The van der Waals surface area contributed by atoms with Gasteiger partial charge in [0.2, 0.25) is 15.9 Å². The minimum absolute atomic E-state index is 0.0605. The fourth-order valence-corrected chi connectivity index (χ4v) is 2.03. The third-order valence-corrected chi connectivity index (χ3v) is 3.26. The second-order valence-electron chi connectivity index (χ2n) is 5.55. The van der Waals surface area contributed by atoms with E-state index in [2.05, 4.69) is 4.98 Å². The van der Waals surface area contributed by atoms with E-state index in [1.54, 1.807) is 0 Å². The molecule has 6 nitrogen and oxygen atoms in total. The molecule has 1 fully saturated rings. The zero-order chi connectivity index (χ0) is 14.3. The maximum Gasteiger partial charge on any atom is 0.243 e. The van der Waals surface area contributed by atoms with Crippen LogP contribution in [0.4, 0.5) is 0 Å². The number of ether oxygens (including phenoxy) is 2. The molecule has 1 aliphatic rings. The number of hydrogen-bond acceptors (Lipinski definition) is 5. The number of primary sulfonamides is 1. The molecule has 0 spiro atoms. The quantitative estimate of drug-likeness (QED) is 0.904. The summed E-state index contributed by atoms with van der Waals surface area (Å²) in [5.41, 5.74) is -0.424. The van der Waals surface area contributed by atoms with Crippen LogP contribution in [-0.4, -0.2) is 25.1 Å². The van der Waals surface area contributed by atoms with Crippen molar-refractivity contribution in [3.8, 4) is 11.6 Å². The number of nitrogens with zero attached hydrogens (tertiary/aromatic N) is 1. The number of nitrogens with two attached hydrogens (primary N) is 1. The molecule has 1 aromatic heterocycles. The Morgan fingerprint density at radius 2 is 2.00 bits per heavy atom. The van der Waals surface area contributed by atoms with E-state index >= 15 is 0 Å². The molecule has 0 bridgehead atoms. The van der Waals surface area contributed by atoms with Gasteiger partial charge in [0.25, 0.3) is 0 Å². The van der Waals surface area contributed by atoms with Crippen molar-refractivity contribution in [1.29, 1.82) is 0 Å². The van der Waals surface area contributed by atoms with Gasteiger partial charge < -0.3 is 9.47 Å². The summed E-state index contributed by atoms with van der Waals surface area (Å²) in [5.74, 6) is 0.523. The normalized spacial score (nSPS) is 16.2. The molecule has 0 atom stereocenters. The fraction of sp³-hybridized carbons (Fsp3) is 0.583. The van der Waals surface area contributed by atoms with Crippen molar-refractivity contribution in [3.05, 3.63) is 12.3 Å². The van der Waals surface area contributed by atoms with Crippen LogP contribution in [0.1, 0.15) is 33.6 Å². The molecule has 19 heavy (non-hydrogen) atoms. The van der Waals surface area contributed by atoms with Gasteiger partial charge in [0, 0.05) is 6.07 Å². The van der Waals surface area contributed by atoms with Gasteiger partial charge in [-0.05, 0) is 33.6 Å². The standard InChI is InChI=1S/C12H18N2O4S/c1-12(2,3)18-11-6-9(17-8-4-5-8)10(7-14-11)19(13,15)16/h6-8H,4-5H2,1-3H3,(H2,13,15,16). The molecule has 1 aliphatic carbocycles. The summed E-state index contributed by atoms with van der Waals surface area (Å²) in [7, 11) is -3.85. The highest BCUT2D eigenvalue weighted by atomic mass is 32.2. The van der Waals surface area contributed by atoms with E-state index in [1.165, 1.54) is 12.3 Å². The third kappa shape index (κ3) is 4.07. The SMILES string of the molecule is CC(C)(C)Oc1cc(OC2CC2)c(S(N)(=O)=O)cn1. The van der Waals surface area contributed by atoms with Gasteiger partial charge in [-0.15, -0.1) is 0 Å². The summed E-state index contributed by atoms with van der Waals surface area (Å²) in [6.45, 7) is 5.64. The molecule has 1 aromatic rings. The van der Waals surface area contributed by atoms with E-state index in [0.717, 1.165) is 12.8 Å². The van der Waals surface area contributed by atoms with Gasteiger partial charge in [0.1, 0.15) is 16.2 Å². The summed E-state index contributed by atoms with van der Waals surface area (Å²) in [6.07, 6.45) is 3.07. The molecule has 0 unspecified atom stereocenters. The van der Waals surface area contributed by atoms with Crippen LogP contribution >= 0.6 is 0 Å². The van der Waals surface area contributed by atoms with Crippen LogP contribution in [0.3, 0.4) is 0 Å². The van der Waals surface area contributed by atoms with Crippen LogP contribution in [0, 0.1) is 0 Å². The van der Waals surface area contributed by atoms with Crippen LogP contribution < -0.4 is 14.6 Å². The second kappa shape index (κ2) is 4.64. The summed E-state index contributed by atoms with van der Waals surface area (Å²) in [4.78, 5) is 3.85. The molecule has 1 saturated carbocycles. The second-order valence-corrected chi connectivity index (χ2v) is 7.08. The lowest BCUT2D eigenvalue weighted by Gasteiger charge is -2.21. The van der Waals surface area contributed by atoms with Crippen molar-refractivity contribution in [2.75, 3.05) is 0 Å². The summed E-state index contributed by atoms with van der Waals surface area (Å²) >= 11 is 0. The smallest absolute Gasteiger partial charge is 0.243 e. The maximum atomic E-state index is 11.5. The topological polar surface area (TPSA) is 91.5 Å². The predicted octanol–water partition coefficient (Wildman–Crippen LogP) is 1.45. The van der Waals surface area contributed by atoms with Gasteiger partial charge in [-0.2, -0.15) is 0 Å². The Balaban J connectivity index is 2.35. The lowest BCUT2D eigenvalue weighted by atomic mass is 10.2. The number of aromatic nitrogens is 1. The van der Waals surface area contributed by atoms with Crippen LogP contribution in [0.25, 0.3) is 0 Å². The van der Waals surface area contributed by atoms with Crippen molar-refractivity contribution in [3.63, 3.8) is 0 Å². The number of sulfonamides is 1. The maximum absolute atomic E-state index is 11.5. The molecule has 0 saturated heterocycles. The van der Waals surface area contributed by atoms with Gasteiger partial charge >= 0.3 is 0 Å². The zero-order valence-electron chi connectivity index (χ0n) is 11.2. The van der Waals surface area contributed by atoms with Crippen molar-refractivity contribution < 1.29 is 17.9 Å². The largest absolute Gasteiger partial charge is 0.489 e. The predicted molar refractivity (Wildman–Crippen MR) is 69.6 cm³/mol. The van der Waals surface area contributed by atoms with E-state index in [0.29, 0.717) is 5.88 Å². The monoisotopic (exact) mass is 286 g/mol. The van der Waals surface area contributed by atoms with E-state index in [9.17, 15) is 8.42 Å². The lowest BCUT2D eigenvalue weighted by molar-refractivity contribution is 0.123. The molecule has 7 heteroatoms. The molecular weight excluding hydrogens is 268 g/mol. The molecule has 0 radical (unpaired) electrons. The summed E-state index contributed by atoms with van der Waals surface area (Å²) in [6, 6.07) is 1.48. The average Bonchev–Trinajstić information content (AvgIpc) is 2.97. The van der Waals surface area contributed by atoms with Gasteiger partial charge in [0.05, 0.1) is 12.3 Å². The lowest BCUT2D eigenvalue weighted by Crippen LogP contribution is -2.24.